The van der Waals surface area contributed by atoms with E-state index in [-0.39, 0.29) is 18.4 Å². The molecule has 2 amide bonds. The molecule has 0 unspecified atom stereocenters. The van der Waals surface area contributed by atoms with Crippen molar-refractivity contribution < 1.29 is 19.1 Å². The lowest BCUT2D eigenvalue weighted by molar-refractivity contribution is -0.119. The van der Waals surface area contributed by atoms with Crippen molar-refractivity contribution in [1.82, 2.24) is 14.9 Å². The van der Waals surface area contributed by atoms with Crippen LogP contribution < -0.4 is 19.7 Å². The van der Waals surface area contributed by atoms with E-state index in [4.69, 9.17) is 14.5 Å². The largest absolute Gasteiger partial charge is 0.493 e. The Bertz CT molecular complexity index is 1370. The van der Waals surface area contributed by atoms with Crippen molar-refractivity contribution in [2.24, 2.45) is 0 Å². The highest BCUT2D eigenvalue weighted by molar-refractivity contribution is 5.95. The molecule has 192 valence electrons. The van der Waals surface area contributed by atoms with Gasteiger partial charge in [0.2, 0.25) is 5.91 Å². The van der Waals surface area contributed by atoms with Gasteiger partial charge in [0.15, 0.2) is 11.5 Å². The van der Waals surface area contributed by atoms with Crippen LogP contribution in [0.15, 0.2) is 72.8 Å². The first-order valence-electron chi connectivity index (χ1n) is 12.4. The van der Waals surface area contributed by atoms with E-state index in [1.807, 2.05) is 66.1 Å². The third-order valence-electron chi connectivity index (χ3n) is 6.22. The summed E-state index contributed by atoms with van der Waals surface area (Å²) >= 11 is 0. The van der Waals surface area contributed by atoms with Gasteiger partial charge in [0, 0.05) is 30.8 Å². The van der Waals surface area contributed by atoms with Crippen LogP contribution in [0.1, 0.15) is 29.5 Å². The smallest absolute Gasteiger partial charge is 0.251 e. The maximum Gasteiger partial charge on any atom is 0.251 e. The molecule has 1 heterocycles. The number of para-hydroxylation sites is 3. The quantitative estimate of drug-likeness (QED) is 0.307. The fourth-order valence-corrected chi connectivity index (χ4v) is 4.35. The molecule has 0 saturated heterocycles. The predicted octanol–water partition coefficient (Wildman–Crippen LogP) is 4.47. The van der Waals surface area contributed by atoms with Crippen LogP contribution in [0.2, 0.25) is 0 Å². The van der Waals surface area contributed by atoms with Crippen molar-refractivity contribution in [2.45, 2.75) is 26.3 Å². The Morgan fingerprint density at radius 1 is 0.946 bits per heavy atom. The normalized spacial score (nSPS) is 10.8. The number of aryl methyl sites for hydroxylation is 1. The van der Waals surface area contributed by atoms with E-state index in [2.05, 4.69) is 5.32 Å². The molecule has 37 heavy (non-hydrogen) atoms. The molecule has 0 saturated carbocycles. The lowest BCUT2D eigenvalue weighted by Gasteiger charge is -2.22. The van der Waals surface area contributed by atoms with Gasteiger partial charge in [-0.25, -0.2) is 4.98 Å². The first-order valence-corrected chi connectivity index (χ1v) is 12.4. The van der Waals surface area contributed by atoms with Crippen molar-refractivity contribution >= 4 is 28.5 Å². The number of nitrogens with zero attached hydrogens (tertiary/aromatic N) is 3. The summed E-state index contributed by atoms with van der Waals surface area (Å²) in [7, 11) is 3.09. The van der Waals surface area contributed by atoms with Gasteiger partial charge in [-0.15, -0.1) is 0 Å². The summed E-state index contributed by atoms with van der Waals surface area (Å²) in [4.78, 5) is 32.5. The zero-order valence-electron chi connectivity index (χ0n) is 21.4. The summed E-state index contributed by atoms with van der Waals surface area (Å²) < 4.78 is 12.5. The lowest BCUT2D eigenvalue weighted by atomic mass is 10.2. The molecule has 1 N–H and O–H groups in total. The number of aromatic nitrogens is 2. The summed E-state index contributed by atoms with van der Waals surface area (Å²) in [6.07, 6.45) is 1.29. The number of rotatable bonds is 11. The Morgan fingerprint density at radius 2 is 1.68 bits per heavy atom. The first-order chi connectivity index (χ1) is 18.0. The third-order valence-corrected chi connectivity index (χ3v) is 6.22. The Hall–Kier alpha value is -4.33. The van der Waals surface area contributed by atoms with E-state index in [0.29, 0.717) is 43.0 Å². The number of amides is 2. The van der Waals surface area contributed by atoms with Crippen molar-refractivity contribution in [3.8, 4) is 11.5 Å². The molecule has 0 aliphatic carbocycles. The second-order valence-corrected chi connectivity index (χ2v) is 8.51. The average Bonchev–Trinajstić information content (AvgIpc) is 3.28. The molecule has 0 radical (unpaired) electrons. The minimum atomic E-state index is -0.189. The van der Waals surface area contributed by atoms with Gasteiger partial charge in [-0.1, -0.05) is 30.3 Å². The molecule has 0 aliphatic heterocycles. The minimum absolute atomic E-state index is 0.000131. The molecular weight excluding hydrogens is 468 g/mol. The zero-order valence-corrected chi connectivity index (χ0v) is 21.4. The molecule has 3 aromatic carbocycles. The van der Waals surface area contributed by atoms with E-state index < -0.39 is 0 Å². The van der Waals surface area contributed by atoms with Crippen molar-refractivity contribution in [3.05, 3.63) is 84.2 Å². The van der Waals surface area contributed by atoms with Gasteiger partial charge in [0.05, 0.1) is 25.3 Å². The number of carbonyl (C=O) groups excluding carboxylic acids is 2. The standard InChI is InChI=1S/C29H32N4O4/c1-4-32(22-11-6-5-7-12-22)28(34)20-33-24-14-9-8-13-23(24)31-27(33)15-10-18-30-29(35)21-16-17-25(36-2)26(19-21)37-3/h5-9,11-14,16-17,19H,4,10,15,18,20H2,1-3H3,(H,30,35). The van der Waals surface area contributed by atoms with Gasteiger partial charge in [0.1, 0.15) is 12.4 Å². The fraction of sp³-hybridized carbons (Fsp3) is 0.276. The topological polar surface area (TPSA) is 85.7 Å². The number of anilines is 1. The van der Waals surface area contributed by atoms with Gasteiger partial charge >= 0.3 is 0 Å². The second kappa shape index (κ2) is 12.1. The molecule has 4 aromatic rings. The Labute approximate surface area is 216 Å². The van der Waals surface area contributed by atoms with Crippen molar-refractivity contribution in [3.63, 3.8) is 0 Å². The molecule has 0 fully saturated rings. The summed E-state index contributed by atoms with van der Waals surface area (Å²) in [5, 5.41) is 2.95. The Morgan fingerprint density at radius 3 is 2.41 bits per heavy atom. The number of carbonyl (C=O) groups is 2. The number of nitrogens with one attached hydrogen (secondary N) is 1. The van der Waals surface area contributed by atoms with Crippen LogP contribution in [0, 0.1) is 0 Å². The maximum absolute atomic E-state index is 13.3. The molecule has 8 heteroatoms. The minimum Gasteiger partial charge on any atom is -0.493 e. The monoisotopic (exact) mass is 500 g/mol. The van der Waals surface area contributed by atoms with Gasteiger partial charge in [-0.3, -0.25) is 9.59 Å². The fourth-order valence-electron chi connectivity index (χ4n) is 4.35. The Balaban J connectivity index is 1.44. The van der Waals surface area contributed by atoms with Crippen LogP contribution in [0.3, 0.4) is 0 Å². The molecule has 8 nitrogen and oxygen atoms in total. The summed E-state index contributed by atoms with van der Waals surface area (Å²) in [6.45, 7) is 3.21. The van der Waals surface area contributed by atoms with E-state index >= 15 is 0 Å². The van der Waals surface area contributed by atoms with E-state index in [1.54, 1.807) is 30.2 Å². The molecule has 0 aliphatic rings. The number of benzene rings is 3. The number of fused-ring (bicyclic) bond motifs is 1. The van der Waals surface area contributed by atoms with Gasteiger partial charge < -0.3 is 24.3 Å². The predicted molar refractivity (Wildman–Crippen MR) is 144 cm³/mol. The number of ether oxygens (including phenoxy) is 2. The molecule has 1 aromatic heterocycles. The highest BCUT2D eigenvalue weighted by Gasteiger charge is 2.19. The van der Waals surface area contributed by atoms with Crippen LogP contribution in [-0.2, 0) is 17.8 Å². The van der Waals surface area contributed by atoms with E-state index in [0.717, 1.165) is 22.5 Å². The number of imidazole rings is 1. The van der Waals surface area contributed by atoms with Crippen LogP contribution >= 0.6 is 0 Å². The first kappa shape index (κ1) is 25.8. The molecule has 4 rings (SSSR count). The summed E-state index contributed by atoms with van der Waals surface area (Å²) in [6, 6.07) is 22.6. The van der Waals surface area contributed by atoms with Crippen molar-refractivity contribution in [1.29, 1.82) is 0 Å². The number of likely N-dealkylation sites (N-methyl/N-ethyl adjacent to an activating group) is 1. The third kappa shape index (κ3) is 5.91. The second-order valence-electron chi connectivity index (χ2n) is 8.51. The SMILES string of the molecule is CCN(C(=O)Cn1c(CCCNC(=O)c2ccc(OC)c(OC)c2)nc2ccccc21)c1ccccc1. The summed E-state index contributed by atoms with van der Waals surface area (Å²) in [5.74, 6) is 1.71. The average molecular weight is 501 g/mol. The number of hydrogen-bond donors (Lipinski definition) is 1. The highest BCUT2D eigenvalue weighted by Crippen LogP contribution is 2.27. The van der Waals surface area contributed by atoms with Gasteiger partial charge in [-0.05, 0) is 55.8 Å². The van der Waals surface area contributed by atoms with E-state index in [1.165, 1.54) is 7.11 Å². The molecule has 0 bridgehead atoms. The van der Waals surface area contributed by atoms with Crippen LogP contribution in [0.4, 0.5) is 5.69 Å². The van der Waals surface area contributed by atoms with Crippen LogP contribution in [-0.4, -0.2) is 48.7 Å². The van der Waals surface area contributed by atoms with Crippen LogP contribution in [0.5, 0.6) is 11.5 Å². The lowest BCUT2D eigenvalue weighted by Crippen LogP contribution is -2.34. The molecule has 0 spiro atoms. The van der Waals surface area contributed by atoms with Crippen molar-refractivity contribution in [2.75, 3.05) is 32.2 Å². The molecule has 0 atom stereocenters. The number of methoxy groups -OCH3 is 2. The van der Waals surface area contributed by atoms with Crippen LogP contribution in [0.25, 0.3) is 11.0 Å². The maximum atomic E-state index is 13.3. The van der Waals surface area contributed by atoms with Gasteiger partial charge in [-0.2, -0.15) is 0 Å². The van der Waals surface area contributed by atoms with Gasteiger partial charge in [0.25, 0.3) is 5.91 Å². The number of hydrogen-bond acceptors (Lipinski definition) is 5. The zero-order chi connectivity index (χ0) is 26.2. The van der Waals surface area contributed by atoms with E-state index in [9.17, 15) is 9.59 Å². The summed E-state index contributed by atoms with van der Waals surface area (Å²) in [5.41, 5.74) is 3.14. The highest BCUT2D eigenvalue weighted by atomic mass is 16.5. The Kier molecular flexibility index (Phi) is 8.40. The molecular formula is C29H32N4O4.